The van der Waals surface area contributed by atoms with E-state index in [1.807, 2.05) is 49.4 Å². The Bertz CT molecular complexity index is 1170. The van der Waals surface area contributed by atoms with Gasteiger partial charge in [0.2, 0.25) is 0 Å². The summed E-state index contributed by atoms with van der Waals surface area (Å²) in [6, 6.07) is 20.6. The second-order valence-electron chi connectivity index (χ2n) is 6.16. The summed E-state index contributed by atoms with van der Waals surface area (Å²) in [5.41, 5.74) is 3.02. The van der Waals surface area contributed by atoms with Gasteiger partial charge in [-0.1, -0.05) is 54.3 Å². The zero-order valence-electron chi connectivity index (χ0n) is 14.9. The van der Waals surface area contributed by atoms with Crippen molar-refractivity contribution in [3.8, 4) is 17.4 Å². The molecule has 1 amide bonds. The average Bonchev–Trinajstić information content (AvgIpc) is 3.27. The Morgan fingerprint density at radius 3 is 2.64 bits per heavy atom. The first-order valence-electron chi connectivity index (χ1n) is 8.51. The number of hydrogen-bond donors (Lipinski definition) is 0. The van der Waals surface area contributed by atoms with Gasteiger partial charge in [-0.2, -0.15) is 5.26 Å². The van der Waals surface area contributed by atoms with E-state index in [0.29, 0.717) is 26.3 Å². The fourth-order valence-electron chi connectivity index (χ4n) is 2.99. The van der Waals surface area contributed by atoms with Crippen LogP contribution in [0.3, 0.4) is 0 Å². The molecular formula is C22H14N2O2S2. The van der Waals surface area contributed by atoms with Crippen LogP contribution in [0.25, 0.3) is 17.4 Å². The summed E-state index contributed by atoms with van der Waals surface area (Å²) in [4.78, 5) is 15.0. The quantitative estimate of drug-likeness (QED) is 0.426. The van der Waals surface area contributed by atoms with Crippen LogP contribution in [0.1, 0.15) is 16.9 Å². The molecule has 0 aliphatic carbocycles. The van der Waals surface area contributed by atoms with Crippen molar-refractivity contribution in [1.29, 1.82) is 5.26 Å². The molecule has 0 bridgehead atoms. The Balaban J connectivity index is 1.65. The number of thioether (sulfide) groups is 1. The number of carbonyl (C=O) groups excluding carboxylic acids is 1. The van der Waals surface area contributed by atoms with Gasteiger partial charge in [-0.25, -0.2) is 0 Å². The average molecular weight is 403 g/mol. The molecule has 0 N–H and O–H groups in total. The SMILES string of the molecule is Cc1ccccc1N1C(=O)/C(=C\c2ccc(-c3ccccc3C#N)o2)SC1=S. The van der Waals surface area contributed by atoms with Gasteiger partial charge in [0.05, 0.1) is 22.2 Å². The van der Waals surface area contributed by atoms with Crippen molar-refractivity contribution in [3.05, 3.63) is 82.5 Å². The van der Waals surface area contributed by atoms with Crippen molar-refractivity contribution in [2.75, 3.05) is 4.90 Å². The first-order chi connectivity index (χ1) is 13.6. The van der Waals surface area contributed by atoms with E-state index in [4.69, 9.17) is 16.6 Å². The number of anilines is 1. The number of benzene rings is 2. The molecule has 0 atom stereocenters. The molecule has 28 heavy (non-hydrogen) atoms. The third-order valence-corrected chi connectivity index (χ3v) is 5.67. The first kappa shape index (κ1) is 18.2. The molecule has 2 heterocycles. The van der Waals surface area contributed by atoms with E-state index >= 15 is 0 Å². The van der Waals surface area contributed by atoms with E-state index in [1.165, 1.54) is 11.8 Å². The minimum absolute atomic E-state index is 0.167. The maximum atomic E-state index is 12.9. The van der Waals surface area contributed by atoms with Crippen molar-refractivity contribution in [2.45, 2.75) is 6.92 Å². The van der Waals surface area contributed by atoms with Gasteiger partial charge in [0.25, 0.3) is 5.91 Å². The van der Waals surface area contributed by atoms with Crippen LogP contribution in [0.5, 0.6) is 0 Å². The molecule has 4 rings (SSSR count). The lowest BCUT2D eigenvalue weighted by molar-refractivity contribution is -0.113. The van der Waals surface area contributed by atoms with Crippen LogP contribution in [0.15, 0.2) is 70.0 Å². The van der Waals surface area contributed by atoms with Crippen molar-refractivity contribution < 1.29 is 9.21 Å². The minimum atomic E-state index is -0.167. The van der Waals surface area contributed by atoms with Gasteiger partial charge < -0.3 is 4.42 Å². The molecule has 0 spiro atoms. The first-order valence-corrected chi connectivity index (χ1v) is 9.74. The van der Waals surface area contributed by atoms with Gasteiger partial charge in [-0.3, -0.25) is 9.69 Å². The molecule has 1 aliphatic rings. The van der Waals surface area contributed by atoms with Crippen molar-refractivity contribution in [1.82, 2.24) is 0 Å². The van der Waals surface area contributed by atoms with Crippen molar-refractivity contribution in [3.63, 3.8) is 0 Å². The van der Waals surface area contributed by atoms with E-state index in [-0.39, 0.29) is 5.91 Å². The molecule has 4 nitrogen and oxygen atoms in total. The molecule has 136 valence electrons. The second kappa shape index (κ2) is 7.47. The summed E-state index contributed by atoms with van der Waals surface area (Å²) < 4.78 is 6.36. The highest BCUT2D eigenvalue weighted by Gasteiger charge is 2.34. The zero-order valence-corrected chi connectivity index (χ0v) is 16.5. The van der Waals surface area contributed by atoms with Crippen LogP contribution >= 0.6 is 24.0 Å². The van der Waals surface area contributed by atoms with E-state index in [9.17, 15) is 10.1 Å². The molecule has 3 aromatic rings. The van der Waals surface area contributed by atoms with Crippen LogP contribution in [0, 0.1) is 18.3 Å². The Morgan fingerprint density at radius 1 is 1.11 bits per heavy atom. The Labute approximate surface area is 172 Å². The topological polar surface area (TPSA) is 57.2 Å². The number of thiocarbonyl (C=S) groups is 1. The number of amides is 1. The predicted molar refractivity (Wildman–Crippen MR) is 116 cm³/mol. The number of furan rings is 1. The second-order valence-corrected chi connectivity index (χ2v) is 7.84. The standard InChI is InChI=1S/C22H14N2O2S2/c1-14-6-2-5-9-18(14)24-21(25)20(28-22(24)27)12-16-10-11-19(26-16)17-8-4-3-7-15(17)13-23/h2-12H,1H3/b20-12+. The third kappa shape index (κ3) is 3.26. The van der Waals surface area contributed by atoms with E-state index in [1.54, 1.807) is 29.2 Å². The van der Waals surface area contributed by atoms with Crippen molar-refractivity contribution in [2.24, 2.45) is 0 Å². The van der Waals surface area contributed by atoms with Gasteiger partial charge in [-0.15, -0.1) is 0 Å². The molecular weight excluding hydrogens is 388 g/mol. The summed E-state index contributed by atoms with van der Waals surface area (Å²) in [5.74, 6) is 0.950. The number of hydrogen-bond acceptors (Lipinski definition) is 5. The number of nitriles is 1. The van der Waals surface area contributed by atoms with E-state index < -0.39 is 0 Å². The normalized spacial score (nSPS) is 15.3. The third-order valence-electron chi connectivity index (χ3n) is 4.36. The maximum absolute atomic E-state index is 12.9. The number of nitrogens with zero attached hydrogens (tertiary/aromatic N) is 2. The lowest BCUT2D eigenvalue weighted by Gasteiger charge is -2.16. The molecule has 0 saturated carbocycles. The zero-order chi connectivity index (χ0) is 19.7. The summed E-state index contributed by atoms with van der Waals surface area (Å²) in [7, 11) is 0. The largest absolute Gasteiger partial charge is 0.457 e. The monoisotopic (exact) mass is 402 g/mol. The van der Waals surface area contributed by atoms with Gasteiger partial charge in [0.15, 0.2) is 4.32 Å². The minimum Gasteiger partial charge on any atom is -0.457 e. The lowest BCUT2D eigenvalue weighted by atomic mass is 10.1. The number of aryl methyl sites for hydroxylation is 1. The van der Waals surface area contributed by atoms with Gasteiger partial charge in [-0.05, 0) is 42.8 Å². The Morgan fingerprint density at radius 2 is 1.86 bits per heavy atom. The van der Waals surface area contributed by atoms with Crippen LogP contribution in [-0.4, -0.2) is 10.2 Å². The van der Waals surface area contributed by atoms with Crippen LogP contribution in [0.2, 0.25) is 0 Å². The maximum Gasteiger partial charge on any atom is 0.270 e. The summed E-state index contributed by atoms with van der Waals surface area (Å²) in [6.45, 7) is 1.95. The fraction of sp³-hybridized carbons (Fsp3) is 0.0455. The molecule has 6 heteroatoms. The molecule has 2 aromatic carbocycles. The lowest BCUT2D eigenvalue weighted by Crippen LogP contribution is -2.28. The molecule has 1 aromatic heterocycles. The van der Waals surface area contributed by atoms with E-state index in [0.717, 1.165) is 16.8 Å². The van der Waals surface area contributed by atoms with E-state index in [2.05, 4.69) is 6.07 Å². The van der Waals surface area contributed by atoms with Crippen molar-refractivity contribution >= 4 is 46.0 Å². The molecule has 1 fully saturated rings. The Kier molecular flexibility index (Phi) is 4.86. The Hall–Kier alpha value is -3.14. The fourth-order valence-corrected chi connectivity index (χ4v) is 4.25. The number of para-hydroxylation sites is 1. The molecule has 0 radical (unpaired) electrons. The van der Waals surface area contributed by atoms with Crippen LogP contribution in [-0.2, 0) is 4.79 Å². The molecule has 1 aliphatic heterocycles. The summed E-state index contributed by atoms with van der Waals surface area (Å²) in [5, 5.41) is 9.27. The summed E-state index contributed by atoms with van der Waals surface area (Å²) in [6.07, 6.45) is 1.69. The molecule has 1 saturated heterocycles. The number of carbonyl (C=O) groups is 1. The number of rotatable bonds is 3. The van der Waals surface area contributed by atoms with Gasteiger partial charge >= 0.3 is 0 Å². The highest BCUT2D eigenvalue weighted by atomic mass is 32.2. The molecule has 0 unspecified atom stereocenters. The van der Waals surface area contributed by atoms with Gasteiger partial charge in [0.1, 0.15) is 11.5 Å². The smallest absolute Gasteiger partial charge is 0.270 e. The van der Waals surface area contributed by atoms with Crippen LogP contribution in [0.4, 0.5) is 5.69 Å². The van der Waals surface area contributed by atoms with Crippen LogP contribution < -0.4 is 4.90 Å². The van der Waals surface area contributed by atoms with Gasteiger partial charge in [0, 0.05) is 11.6 Å². The predicted octanol–water partition coefficient (Wildman–Crippen LogP) is 5.53. The highest BCUT2D eigenvalue weighted by Crippen LogP contribution is 2.37. The summed E-state index contributed by atoms with van der Waals surface area (Å²) >= 11 is 6.68. The highest BCUT2D eigenvalue weighted by molar-refractivity contribution is 8.27.